The molecule has 15 heteroatoms. The minimum absolute atomic E-state index is 0.0250. The third-order valence-electron chi connectivity index (χ3n) is 8.07. The van der Waals surface area contributed by atoms with Crippen molar-refractivity contribution < 1.29 is 18.4 Å². The van der Waals surface area contributed by atoms with Crippen LogP contribution in [0.5, 0.6) is 0 Å². The van der Waals surface area contributed by atoms with Gasteiger partial charge in [0, 0.05) is 41.5 Å². The molecule has 42 heavy (non-hydrogen) atoms. The first kappa shape index (κ1) is 26.3. The molecule has 7 heterocycles. The second-order valence-corrected chi connectivity index (χ2v) is 11.6. The molecule has 0 spiro atoms. The lowest BCUT2D eigenvalue weighted by molar-refractivity contribution is 0.0556. The number of H-pyrrole nitrogens is 1. The molecule has 2 fully saturated rings. The van der Waals surface area contributed by atoms with Crippen LogP contribution in [0.2, 0.25) is 0 Å². The molecule has 0 saturated carbocycles. The van der Waals surface area contributed by atoms with E-state index in [2.05, 4.69) is 30.2 Å². The van der Waals surface area contributed by atoms with E-state index in [1.54, 1.807) is 24.5 Å². The molecule has 2 aliphatic heterocycles. The molecule has 0 radical (unpaired) electrons. The summed E-state index contributed by atoms with van der Waals surface area (Å²) < 4.78 is 27.5. The molecule has 5 aromatic heterocycles. The highest BCUT2D eigenvalue weighted by molar-refractivity contribution is 7.15. The Bertz CT molecular complexity index is 1800. The highest BCUT2D eigenvalue weighted by atomic mass is 32.1. The van der Waals surface area contributed by atoms with E-state index in [9.17, 15) is 18.4 Å². The van der Waals surface area contributed by atoms with Crippen molar-refractivity contribution in [3.8, 4) is 21.8 Å². The molecular formula is C27H24F2N10O2S. The zero-order valence-electron chi connectivity index (χ0n) is 22.2. The summed E-state index contributed by atoms with van der Waals surface area (Å²) in [6, 6.07) is 3.46. The number of halogens is 2. The fourth-order valence-corrected chi connectivity index (χ4v) is 6.99. The van der Waals surface area contributed by atoms with E-state index in [-0.39, 0.29) is 46.2 Å². The number of hydrogen-bond donors (Lipinski definition) is 2. The number of thiazole rings is 1. The number of nitrogen functional groups attached to an aromatic ring is 1. The van der Waals surface area contributed by atoms with Gasteiger partial charge in [-0.15, -0.1) is 11.3 Å². The van der Waals surface area contributed by atoms with E-state index in [1.807, 2.05) is 4.90 Å². The number of carbonyl (C=O) groups is 2. The van der Waals surface area contributed by atoms with Crippen LogP contribution in [0.4, 0.5) is 14.6 Å². The van der Waals surface area contributed by atoms with Crippen molar-refractivity contribution in [2.75, 3.05) is 5.73 Å². The van der Waals surface area contributed by atoms with Crippen LogP contribution in [0.3, 0.4) is 0 Å². The first-order valence-electron chi connectivity index (χ1n) is 13.4. The number of fused-ring (bicyclic) bond motifs is 3. The first-order chi connectivity index (χ1) is 20.3. The molecule has 0 aliphatic carbocycles. The van der Waals surface area contributed by atoms with Gasteiger partial charge in [-0.25, -0.2) is 23.7 Å². The van der Waals surface area contributed by atoms with Gasteiger partial charge in [0.25, 0.3) is 12.3 Å². The number of Topliss-reactive ketones (excluding diaryl/α,β-unsaturated/α-hetero) is 1. The summed E-state index contributed by atoms with van der Waals surface area (Å²) in [7, 11) is 0. The van der Waals surface area contributed by atoms with Crippen molar-refractivity contribution in [1.29, 1.82) is 0 Å². The number of amides is 1. The zero-order valence-corrected chi connectivity index (χ0v) is 23.1. The highest BCUT2D eigenvalue weighted by Gasteiger charge is 2.45. The minimum Gasteiger partial charge on any atom is -0.383 e. The van der Waals surface area contributed by atoms with Gasteiger partial charge in [-0.1, -0.05) is 6.07 Å². The second kappa shape index (κ2) is 10.0. The summed E-state index contributed by atoms with van der Waals surface area (Å²) in [4.78, 5) is 45.3. The Hall–Kier alpha value is -4.66. The van der Waals surface area contributed by atoms with Crippen LogP contribution in [0.25, 0.3) is 27.5 Å². The third-order valence-corrected chi connectivity index (χ3v) is 9.09. The lowest BCUT2D eigenvalue weighted by Crippen LogP contribution is -2.46. The Morgan fingerprint density at radius 3 is 2.50 bits per heavy atom. The highest BCUT2D eigenvalue weighted by Crippen LogP contribution is 2.45. The van der Waals surface area contributed by atoms with Gasteiger partial charge in [-0.2, -0.15) is 14.7 Å². The summed E-state index contributed by atoms with van der Waals surface area (Å²) in [5.74, 6) is -0.0614. The molecule has 2 aliphatic rings. The quantitative estimate of drug-likeness (QED) is 0.275. The topological polar surface area (TPSA) is 161 Å². The van der Waals surface area contributed by atoms with Gasteiger partial charge in [0.15, 0.2) is 11.4 Å². The normalized spacial score (nSPS) is 20.1. The Labute approximate surface area is 241 Å². The molecule has 5 aromatic rings. The number of ketones is 1. The number of aromatic nitrogens is 8. The summed E-state index contributed by atoms with van der Waals surface area (Å²) in [6.07, 6.45) is 6.08. The van der Waals surface area contributed by atoms with E-state index >= 15 is 0 Å². The number of alkyl halides is 2. The van der Waals surface area contributed by atoms with Gasteiger partial charge in [0.05, 0.1) is 28.0 Å². The molecule has 2 atom stereocenters. The number of piperidine rings is 1. The number of nitrogens with one attached hydrogen (secondary N) is 1. The Balaban J connectivity index is 1.24. The summed E-state index contributed by atoms with van der Waals surface area (Å²) >= 11 is 0.897. The predicted octanol–water partition coefficient (Wildman–Crippen LogP) is 4.31. The van der Waals surface area contributed by atoms with E-state index in [0.29, 0.717) is 51.6 Å². The standard InChI is InChI=1S/C27H24F2N10O2S/c1-12(40)20-21(14-6-15-3-4-16(7-14)38(15)27(41)24-33-11-34-37-24)36-25-17(9-35-39(25)23(20)30)13-2-5-18(31-8-13)26-32-10-19(42-26)22(28)29/h2,5,8-11,14-16,22H,3-4,6-7,30H2,1H3,(H,33,34,37)/t15-,16-/m1/s1. The lowest BCUT2D eigenvalue weighted by atomic mass is 9.85. The van der Waals surface area contributed by atoms with Crippen LogP contribution in [0.1, 0.15) is 76.5 Å². The molecule has 2 saturated heterocycles. The van der Waals surface area contributed by atoms with Crippen LogP contribution < -0.4 is 5.73 Å². The van der Waals surface area contributed by atoms with Gasteiger partial charge < -0.3 is 10.6 Å². The molecule has 0 aromatic carbocycles. The fourth-order valence-electron chi connectivity index (χ4n) is 6.24. The number of anilines is 1. The van der Waals surface area contributed by atoms with Crippen molar-refractivity contribution in [2.45, 2.75) is 57.0 Å². The van der Waals surface area contributed by atoms with Crippen molar-refractivity contribution in [1.82, 2.24) is 44.6 Å². The van der Waals surface area contributed by atoms with Gasteiger partial charge in [0.1, 0.15) is 17.2 Å². The zero-order chi connectivity index (χ0) is 29.1. The van der Waals surface area contributed by atoms with Crippen molar-refractivity contribution >= 4 is 34.5 Å². The van der Waals surface area contributed by atoms with Crippen LogP contribution in [-0.2, 0) is 0 Å². The summed E-state index contributed by atoms with van der Waals surface area (Å²) in [6.45, 7) is 1.46. The number of hydrogen-bond acceptors (Lipinski definition) is 10. The minimum atomic E-state index is -2.59. The number of aromatic amines is 1. The maximum atomic E-state index is 13.1. The van der Waals surface area contributed by atoms with E-state index in [4.69, 9.17) is 10.7 Å². The Kier molecular flexibility index (Phi) is 6.26. The molecule has 2 bridgehead atoms. The van der Waals surface area contributed by atoms with Crippen molar-refractivity contribution in [3.63, 3.8) is 0 Å². The maximum Gasteiger partial charge on any atom is 0.291 e. The summed E-state index contributed by atoms with van der Waals surface area (Å²) in [5.41, 5.74) is 9.78. The molecule has 12 nitrogen and oxygen atoms in total. The molecular weight excluding hydrogens is 566 g/mol. The smallest absolute Gasteiger partial charge is 0.291 e. The lowest BCUT2D eigenvalue weighted by Gasteiger charge is -2.38. The average Bonchev–Trinajstić information content (AvgIpc) is 3.79. The van der Waals surface area contributed by atoms with Crippen molar-refractivity contribution in [2.24, 2.45) is 0 Å². The predicted molar refractivity (Wildman–Crippen MR) is 148 cm³/mol. The first-order valence-corrected chi connectivity index (χ1v) is 14.2. The van der Waals surface area contributed by atoms with Crippen molar-refractivity contribution in [3.05, 3.63) is 59.0 Å². The number of pyridine rings is 1. The molecule has 214 valence electrons. The molecule has 0 unspecified atom stereocenters. The van der Waals surface area contributed by atoms with Gasteiger partial charge in [-0.05, 0) is 38.7 Å². The molecule has 1 amide bonds. The Morgan fingerprint density at radius 1 is 1.10 bits per heavy atom. The molecule has 3 N–H and O–H groups in total. The SMILES string of the molecule is CC(=O)c1c(C2C[C@H]3CC[C@H](C2)N3C(=O)c2ncn[nH]2)nc2c(-c3ccc(-c4ncc(C(F)F)s4)nc3)cnn2c1N. The largest absolute Gasteiger partial charge is 0.383 e. The average molecular weight is 591 g/mol. The number of rotatable bonds is 6. The van der Waals surface area contributed by atoms with E-state index < -0.39 is 6.43 Å². The van der Waals surface area contributed by atoms with Crippen LogP contribution in [0, 0.1) is 0 Å². The van der Waals surface area contributed by atoms with Crippen LogP contribution in [0.15, 0.2) is 37.1 Å². The van der Waals surface area contributed by atoms with E-state index in [1.165, 1.54) is 17.8 Å². The molecule has 7 rings (SSSR count). The van der Waals surface area contributed by atoms with Crippen LogP contribution in [-0.4, -0.2) is 68.4 Å². The van der Waals surface area contributed by atoms with Gasteiger partial charge in [-0.3, -0.25) is 19.7 Å². The van der Waals surface area contributed by atoms with E-state index in [0.717, 1.165) is 30.4 Å². The van der Waals surface area contributed by atoms with Gasteiger partial charge in [0.2, 0.25) is 5.82 Å². The summed E-state index contributed by atoms with van der Waals surface area (Å²) in [5, 5.41) is 11.3. The van der Waals surface area contributed by atoms with Crippen LogP contribution >= 0.6 is 11.3 Å². The number of nitrogens with zero attached hydrogens (tertiary/aromatic N) is 8. The number of carbonyl (C=O) groups excluding carboxylic acids is 2. The second-order valence-electron chi connectivity index (χ2n) is 10.5. The van der Waals surface area contributed by atoms with Gasteiger partial charge >= 0.3 is 0 Å². The Morgan fingerprint density at radius 2 is 1.88 bits per heavy atom. The maximum absolute atomic E-state index is 13.1. The fraction of sp³-hybridized carbons (Fsp3) is 0.333. The third kappa shape index (κ3) is 4.22. The monoisotopic (exact) mass is 590 g/mol. The number of nitrogens with two attached hydrogens (primary N) is 1.